The van der Waals surface area contributed by atoms with Crippen LogP contribution in [0.1, 0.15) is 26.7 Å². The van der Waals surface area contributed by atoms with E-state index in [1.54, 1.807) is 0 Å². The van der Waals surface area contributed by atoms with E-state index in [4.69, 9.17) is 4.74 Å². The van der Waals surface area contributed by atoms with Crippen molar-refractivity contribution in [3.8, 4) is 0 Å². The fraction of sp³-hybridized carbons (Fsp3) is 0.909. The number of carbonyl (C=O) groups excluding carboxylic acids is 1. The summed E-state index contributed by atoms with van der Waals surface area (Å²) in [5.41, 5.74) is 0. The monoisotopic (exact) mass is 214 g/mol. The molecule has 0 radical (unpaired) electrons. The van der Waals surface area contributed by atoms with Gasteiger partial charge >= 0.3 is 0 Å². The minimum atomic E-state index is 0.127. The minimum Gasteiger partial charge on any atom is -0.378 e. The van der Waals surface area contributed by atoms with E-state index in [0.717, 1.165) is 31.8 Å². The van der Waals surface area contributed by atoms with Crippen molar-refractivity contribution in [2.75, 3.05) is 26.8 Å². The summed E-state index contributed by atoms with van der Waals surface area (Å²) in [7, 11) is 2.18. The van der Waals surface area contributed by atoms with Gasteiger partial charge in [-0.2, -0.15) is 0 Å². The second-order valence-electron chi connectivity index (χ2n) is 4.05. The smallest absolute Gasteiger partial charge is 0.219 e. The van der Waals surface area contributed by atoms with Crippen LogP contribution in [0, 0.1) is 0 Å². The molecule has 0 spiro atoms. The molecule has 88 valence electrons. The summed E-state index contributed by atoms with van der Waals surface area (Å²) in [6.07, 6.45) is 1.96. The van der Waals surface area contributed by atoms with Crippen molar-refractivity contribution in [3.05, 3.63) is 0 Å². The summed E-state index contributed by atoms with van der Waals surface area (Å²) in [6.45, 7) is 6.42. The van der Waals surface area contributed by atoms with Gasteiger partial charge in [-0.3, -0.25) is 9.69 Å². The second kappa shape index (κ2) is 6.08. The van der Waals surface area contributed by atoms with E-state index in [1.165, 1.54) is 6.42 Å². The number of nitrogens with zero attached hydrogens (tertiary/aromatic N) is 1. The average molecular weight is 214 g/mol. The molecule has 2 unspecified atom stereocenters. The van der Waals surface area contributed by atoms with E-state index >= 15 is 0 Å². The van der Waals surface area contributed by atoms with E-state index in [-0.39, 0.29) is 5.91 Å². The molecular formula is C11H22N2O2. The molecule has 0 saturated carbocycles. The van der Waals surface area contributed by atoms with Crippen LogP contribution in [0.3, 0.4) is 0 Å². The number of amides is 1. The Morgan fingerprint density at radius 1 is 1.40 bits per heavy atom. The molecule has 3 aliphatic rings. The fourth-order valence-electron chi connectivity index (χ4n) is 1.84. The number of morpholine rings is 1. The van der Waals surface area contributed by atoms with E-state index in [0.29, 0.717) is 6.42 Å². The number of hydrogen-bond acceptors (Lipinski definition) is 3. The maximum Gasteiger partial charge on any atom is 0.219 e. The van der Waals surface area contributed by atoms with Gasteiger partial charge in [-0.05, 0) is 20.4 Å². The molecule has 1 N–H and O–H groups in total. The zero-order valence-corrected chi connectivity index (χ0v) is 9.95. The zero-order valence-electron chi connectivity index (χ0n) is 9.95. The molecule has 3 heterocycles. The number of fused-ring (bicyclic) bond motifs is 2. The third-order valence-corrected chi connectivity index (χ3v) is 3.01. The van der Waals surface area contributed by atoms with Crippen molar-refractivity contribution in [3.63, 3.8) is 0 Å². The van der Waals surface area contributed by atoms with Crippen LogP contribution in [0.15, 0.2) is 0 Å². The van der Waals surface area contributed by atoms with Gasteiger partial charge in [0.25, 0.3) is 0 Å². The summed E-state index contributed by atoms with van der Waals surface area (Å²) in [5.74, 6) is 0.127. The Morgan fingerprint density at radius 2 is 2.00 bits per heavy atom. The van der Waals surface area contributed by atoms with Gasteiger partial charge in [0.2, 0.25) is 5.91 Å². The van der Waals surface area contributed by atoms with Crippen LogP contribution in [0.4, 0.5) is 0 Å². The number of ether oxygens (including phenoxy) is 1. The van der Waals surface area contributed by atoms with Crippen LogP contribution in [-0.2, 0) is 9.53 Å². The summed E-state index contributed by atoms with van der Waals surface area (Å²) >= 11 is 0. The number of carbonyl (C=O) groups is 1. The lowest BCUT2D eigenvalue weighted by Crippen LogP contribution is -2.61. The van der Waals surface area contributed by atoms with Crippen molar-refractivity contribution in [2.45, 2.75) is 38.8 Å². The summed E-state index contributed by atoms with van der Waals surface area (Å²) in [5, 5.41) is 2.66. The Balaban J connectivity index is 0.000000153. The van der Waals surface area contributed by atoms with E-state index < -0.39 is 0 Å². The highest BCUT2D eigenvalue weighted by Crippen LogP contribution is 2.27. The maximum absolute atomic E-state index is 10.3. The Labute approximate surface area is 92.0 Å². The van der Waals surface area contributed by atoms with Gasteiger partial charge in [0.05, 0.1) is 13.2 Å². The summed E-state index contributed by atoms with van der Waals surface area (Å²) < 4.78 is 5.26. The number of hydrogen-bond donors (Lipinski definition) is 1. The predicted octanol–water partition coefficient (Wildman–Crippen LogP) is 0.622. The van der Waals surface area contributed by atoms with Crippen LogP contribution in [0.5, 0.6) is 0 Å². The molecule has 15 heavy (non-hydrogen) atoms. The third-order valence-electron chi connectivity index (χ3n) is 3.01. The van der Waals surface area contributed by atoms with Crippen molar-refractivity contribution in [1.82, 2.24) is 10.2 Å². The molecule has 3 rings (SSSR count). The van der Waals surface area contributed by atoms with Gasteiger partial charge in [-0.15, -0.1) is 0 Å². The lowest BCUT2D eigenvalue weighted by molar-refractivity contribution is -0.120. The van der Waals surface area contributed by atoms with Gasteiger partial charge in [0.15, 0.2) is 0 Å². The van der Waals surface area contributed by atoms with E-state index in [1.807, 2.05) is 13.8 Å². The SMILES string of the molecule is CCNC(=O)CC.CN1C2COCC1C2. The highest BCUT2D eigenvalue weighted by atomic mass is 16.5. The highest BCUT2D eigenvalue weighted by Gasteiger charge is 2.39. The normalized spacial score (nSPS) is 28.5. The lowest BCUT2D eigenvalue weighted by Gasteiger charge is -2.50. The van der Waals surface area contributed by atoms with Crippen molar-refractivity contribution < 1.29 is 9.53 Å². The first-order chi connectivity index (χ1) is 7.19. The predicted molar refractivity (Wildman–Crippen MR) is 59.7 cm³/mol. The molecule has 1 amide bonds. The molecular weight excluding hydrogens is 192 g/mol. The van der Waals surface area contributed by atoms with Crippen molar-refractivity contribution >= 4 is 5.91 Å². The molecule has 0 aliphatic carbocycles. The van der Waals surface area contributed by atoms with Crippen molar-refractivity contribution in [1.29, 1.82) is 0 Å². The Hall–Kier alpha value is -0.610. The molecule has 2 bridgehead atoms. The van der Waals surface area contributed by atoms with Gasteiger partial charge in [-0.25, -0.2) is 0 Å². The molecule has 3 aliphatic heterocycles. The van der Waals surface area contributed by atoms with E-state index in [9.17, 15) is 4.79 Å². The number of rotatable bonds is 2. The largest absolute Gasteiger partial charge is 0.378 e. The molecule has 4 heteroatoms. The highest BCUT2D eigenvalue weighted by molar-refractivity contribution is 5.75. The van der Waals surface area contributed by atoms with Gasteiger partial charge < -0.3 is 10.1 Å². The second-order valence-corrected chi connectivity index (χ2v) is 4.05. The van der Waals surface area contributed by atoms with Crippen LogP contribution >= 0.6 is 0 Å². The van der Waals surface area contributed by atoms with Crippen LogP contribution in [-0.4, -0.2) is 49.7 Å². The van der Waals surface area contributed by atoms with Gasteiger partial charge in [0.1, 0.15) is 0 Å². The molecule has 2 atom stereocenters. The standard InChI is InChI=1S/C6H11NO.C5H11NO/c1-7-5-2-6(7)4-8-3-5;1-3-5(7)6-4-2/h5-6H,2-4H2,1H3;3-4H2,1-2H3,(H,6,7). The quantitative estimate of drug-likeness (QED) is 0.733. The topological polar surface area (TPSA) is 41.6 Å². The van der Waals surface area contributed by atoms with Crippen LogP contribution in [0.2, 0.25) is 0 Å². The Morgan fingerprint density at radius 3 is 2.20 bits per heavy atom. The molecule has 0 aromatic rings. The molecule has 3 fully saturated rings. The summed E-state index contributed by atoms with van der Waals surface area (Å²) in [4.78, 5) is 12.7. The van der Waals surface area contributed by atoms with Gasteiger partial charge in [-0.1, -0.05) is 6.92 Å². The average Bonchev–Trinajstić information content (AvgIpc) is 2.30. The molecule has 3 saturated heterocycles. The Kier molecular flexibility index (Phi) is 5.05. The molecule has 0 aromatic carbocycles. The summed E-state index contributed by atoms with van der Waals surface area (Å²) in [6, 6.07) is 1.52. The minimum absolute atomic E-state index is 0.127. The Bertz CT molecular complexity index is 195. The molecule has 0 aromatic heterocycles. The first-order valence-corrected chi connectivity index (χ1v) is 5.75. The van der Waals surface area contributed by atoms with Crippen LogP contribution in [0.25, 0.3) is 0 Å². The lowest BCUT2D eigenvalue weighted by atomic mass is 9.93. The number of nitrogens with one attached hydrogen (secondary N) is 1. The number of likely N-dealkylation sites (N-methyl/N-ethyl adjacent to an activating group) is 1. The van der Waals surface area contributed by atoms with E-state index in [2.05, 4.69) is 17.3 Å². The fourth-order valence-corrected chi connectivity index (χ4v) is 1.84. The van der Waals surface area contributed by atoms with Crippen molar-refractivity contribution in [2.24, 2.45) is 0 Å². The molecule has 4 nitrogen and oxygen atoms in total. The van der Waals surface area contributed by atoms with Gasteiger partial charge in [0, 0.05) is 25.0 Å². The maximum atomic E-state index is 10.3. The third kappa shape index (κ3) is 3.47. The first kappa shape index (κ1) is 12.5. The zero-order chi connectivity index (χ0) is 11.3. The first-order valence-electron chi connectivity index (χ1n) is 5.75. The van der Waals surface area contributed by atoms with Crippen LogP contribution < -0.4 is 5.32 Å².